The van der Waals surface area contributed by atoms with Crippen molar-refractivity contribution in [1.82, 2.24) is 14.2 Å². The molecule has 0 aliphatic heterocycles. The Hall–Kier alpha value is -3.14. The predicted molar refractivity (Wildman–Crippen MR) is 95.2 cm³/mol. The number of hydrogen-bond acceptors (Lipinski definition) is 2. The summed E-state index contributed by atoms with van der Waals surface area (Å²) in [6.07, 6.45) is 3.63. The Morgan fingerprint density at radius 2 is 1.71 bits per heavy atom. The van der Waals surface area contributed by atoms with Crippen LogP contribution in [-0.4, -0.2) is 14.2 Å². The fourth-order valence-corrected chi connectivity index (χ4v) is 2.87. The molecule has 4 heteroatoms. The van der Waals surface area contributed by atoms with Gasteiger partial charge in [0.1, 0.15) is 5.52 Å². The van der Waals surface area contributed by atoms with Crippen LogP contribution in [0.4, 0.5) is 0 Å². The first-order valence-corrected chi connectivity index (χ1v) is 7.91. The summed E-state index contributed by atoms with van der Waals surface area (Å²) in [7, 11) is 0. The zero-order valence-electron chi connectivity index (χ0n) is 13.4. The summed E-state index contributed by atoms with van der Waals surface area (Å²) in [5.74, 6) is 0. The molecule has 0 unspecified atom stereocenters. The third-order valence-corrected chi connectivity index (χ3v) is 4.28. The first-order chi connectivity index (χ1) is 11.7. The molecule has 0 amide bonds. The van der Waals surface area contributed by atoms with E-state index >= 15 is 0 Å². The van der Waals surface area contributed by atoms with Gasteiger partial charge in [-0.3, -0.25) is 4.79 Å². The van der Waals surface area contributed by atoms with E-state index in [0.717, 1.165) is 16.8 Å². The summed E-state index contributed by atoms with van der Waals surface area (Å²) >= 11 is 0. The molecule has 0 saturated heterocycles. The molecule has 4 nitrogen and oxygen atoms in total. The fourth-order valence-electron chi connectivity index (χ4n) is 2.87. The van der Waals surface area contributed by atoms with Crippen LogP contribution in [0.5, 0.6) is 0 Å². The van der Waals surface area contributed by atoms with Crippen LogP contribution in [0, 0.1) is 6.92 Å². The topological polar surface area (TPSA) is 39.3 Å². The van der Waals surface area contributed by atoms with E-state index in [9.17, 15) is 4.79 Å². The van der Waals surface area contributed by atoms with Crippen molar-refractivity contribution < 1.29 is 0 Å². The smallest absolute Gasteiger partial charge is 0.276 e. The maximum atomic E-state index is 12.8. The molecule has 0 N–H and O–H groups in total. The van der Waals surface area contributed by atoms with Gasteiger partial charge in [-0.25, -0.2) is 4.52 Å². The van der Waals surface area contributed by atoms with Gasteiger partial charge in [0.05, 0.1) is 12.2 Å². The highest BCUT2D eigenvalue weighted by molar-refractivity contribution is 5.65. The van der Waals surface area contributed by atoms with Crippen LogP contribution < -0.4 is 5.56 Å². The standard InChI is InChI=1S/C20H17N3O/c1-15-7-5-6-10-17(15)14-22-11-12-23-19(20(22)24)13-18(21-23)16-8-3-2-4-9-16/h2-13H,14H2,1H3. The van der Waals surface area contributed by atoms with Crippen molar-refractivity contribution >= 4 is 5.52 Å². The number of fused-ring (bicyclic) bond motifs is 1. The lowest BCUT2D eigenvalue weighted by Crippen LogP contribution is -2.22. The number of rotatable bonds is 3. The molecule has 0 radical (unpaired) electrons. The van der Waals surface area contributed by atoms with Gasteiger partial charge in [0.15, 0.2) is 0 Å². The van der Waals surface area contributed by atoms with Crippen LogP contribution in [0.3, 0.4) is 0 Å². The largest absolute Gasteiger partial charge is 0.308 e. The second-order valence-corrected chi connectivity index (χ2v) is 5.88. The molecule has 24 heavy (non-hydrogen) atoms. The van der Waals surface area contributed by atoms with Crippen molar-refractivity contribution in [1.29, 1.82) is 0 Å². The van der Waals surface area contributed by atoms with Crippen LogP contribution >= 0.6 is 0 Å². The molecular formula is C20H17N3O. The van der Waals surface area contributed by atoms with E-state index in [1.165, 1.54) is 5.56 Å². The van der Waals surface area contributed by atoms with Crippen molar-refractivity contribution in [3.8, 4) is 11.3 Å². The lowest BCUT2D eigenvalue weighted by Gasteiger charge is -2.08. The molecular weight excluding hydrogens is 298 g/mol. The maximum Gasteiger partial charge on any atom is 0.276 e. The highest BCUT2D eigenvalue weighted by Gasteiger charge is 2.09. The second-order valence-electron chi connectivity index (χ2n) is 5.88. The zero-order valence-corrected chi connectivity index (χ0v) is 13.4. The average Bonchev–Trinajstić information content (AvgIpc) is 3.05. The average molecular weight is 315 g/mol. The molecule has 2 heterocycles. The Kier molecular flexibility index (Phi) is 3.50. The summed E-state index contributed by atoms with van der Waals surface area (Å²) in [6.45, 7) is 2.62. The number of hydrogen-bond donors (Lipinski definition) is 0. The molecule has 0 atom stereocenters. The molecule has 0 fully saturated rings. The van der Waals surface area contributed by atoms with Crippen LogP contribution in [0.2, 0.25) is 0 Å². The van der Waals surface area contributed by atoms with E-state index in [1.54, 1.807) is 15.3 Å². The van der Waals surface area contributed by atoms with Gasteiger partial charge in [-0.1, -0.05) is 54.6 Å². The second kappa shape index (κ2) is 5.81. The van der Waals surface area contributed by atoms with Crippen LogP contribution in [0.15, 0.2) is 77.9 Å². The van der Waals surface area contributed by atoms with Crippen molar-refractivity contribution in [2.75, 3.05) is 0 Å². The first-order valence-electron chi connectivity index (χ1n) is 7.91. The predicted octanol–water partition coefficient (Wildman–Crippen LogP) is 3.52. The number of aryl methyl sites for hydroxylation is 1. The molecule has 0 bridgehead atoms. The molecule has 0 spiro atoms. The number of benzene rings is 2. The summed E-state index contributed by atoms with van der Waals surface area (Å²) in [5.41, 5.74) is 4.70. The van der Waals surface area contributed by atoms with Crippen LogP contribution in [-0.2, 0) is 6.54 Å². The van der Waals surface area contributed by atoms with Gasteiger partial charge in [0.25, 0.3) is 5.56 Å². The quantitative estimate of drug-likeness (QED) is 0.580. The van der Waals surface area contributed by atoms with E-state index in [0.29, 0.717) is 12.1 Å². The molecule has 118 valence electrons. The van der Waals surface area contributed by atoms with E-state index in [1.807, 2.05) is 54.7 Å². The minimum Gasteiger partial charge on any atom is -0.308 e. The van der Waals surface area contributed by atoms with Crippen molar-refractivity contribution in [3.05, 3.63) is 94.5 Å². The van der Waals surface area contributed by atoms with Gasteiger partial charge in [0.2, 0.25) is 0 Å². The molecule has 4 aromatic rings. The highest BCUT2D eigenvalue weighted by atomic mass is 16.1. The SMILES string of the molecule is Cc1ccccc1Cn1ccn2nc(-c3ccccc3)cc2c1=O. The molecule has 0 aliphatic rings. The van der Waals surface area contributed by atoms with E-state index in [-0.39, 0.29) is 5.56 Å². The summed E-state index contributed by atoms with van der Waals surface area (Å²) in [4.78, 5) is 12.8. The summed E-state index contributed by atoms with van der Waals surface area (Å²) < 4.78 is 3.38. The molecule has 0 aliphatic carbocycles. The Morgan fingerprint density at radius 1 is 0.958 bits per heavy atom. The van der Waals surface area contributed by atoms with Crippen molar-refractivity contribution in [2.24, 2.45) is 0 Å². The first kappa shape index (κ1) is 14.5. The highest BCUT2D eigenvalue weighted by Crippen LogP contribution is 2.18. The number of aromatic nitrogens is 3. The lowest BCUT2D eigenvalue weighted by atomic mass is 10.1. The third kappa shape index (κ3) is 2.52. The lowest BCUT2D eigenvalue weighted by molar-refractivity contribution is 0.740. The monoisotopic (exact) mass is 315 g/mol. The minimum atomic E-state index is -0.0320. The molecule has 2 aromatic carbocycles. The number of nitrogens with zero attached hydrogens (tertiary/aromatic N) is 3. The van der Waals surface area contributed by atoms with Gasteiger partial charge in [-0.15, -0.1) is 0 Å². The molecule has 2 aromatic heterocycles. The molecule has 4 rings (SSSR count). The molecule has 0 saturated carbocycles. The van der Waals surface area contributed by atoms with Crippen LogP contribution in [0.1, 0.15) is 11.1 Å². The minimum absolute atomic E-state index is 0.0320. The Morgan fingerprint density at radius 3 is 2.50 bits per heavy atom. The summed E-state index contributed by atoms with van der Waals surface area (Å²) in [5, 5.41) is 4.51. The zero-order chi connectivity index (χ0) is 16.5. The van der Waals surface area contributed by atoms with Crippen molar-refractivity contribution in [3.63, 3.8) is 0 Å². The Bertz CT molecular complexity index is 1060. The van der Waals surface area contributed by atoms with Gasteiger partial charge >= 0.3 is 0 Å². The van der Waals surface area contributed by atoms with E-state index in [2.05, 4.69) is 24.2 Å². The van der Waals surface area contributed by atoms with Crippen LogP contribution in [0.25, 0.3) is 16.8 Å². The van der Waals surface area contributed by atoms with E-state index in [4.69, 9.17) is 0 Å². The van der Waals surface area contributed by atoms with Gasteiger partial charge < -0.3 is 4.57 Å². The summed E-state index contributed by atoms with van der Waals surface area (Å²) in [6, 6.07) is 19.9. The normalized spacial score (nSPS) is 11.0. The van der Waals surface area contributed by atoms with Gasteiger partial charge in [0, 0.05) is 18.0 Å². The van der Waals surface area contributed by atoms with Crippen molar-refractivity contribution in [2.45, 2.75) is 13.5 Å². The maximum absolute atomic E-state index is 12.8. The Labute approximate surface area is 139 Å². The van der Waals surface area contributed by atoms with E-state index < -0.39 is 0 Å². The third-order valence-electron chi connectivity index (χ3n) is 4.28. The van der Waals surface area contributed by atoms with Gasteiger partial charge in [-0.05, 0) is 24.1 Å². The Balaban J connectivity index is 1.78. The van der Waals surface area contributed by atoms with Gasteiger partial charge in [-0.2, -0.15) is 5.10 Å². The fraction of sp³-hybridized carbons (Fsp3) is 0.100.